The number of hydrogen-bond donors (Lipinski definition) is 3. The lowest BCUT2D eigenvalue weighted by Gasteiger charge is -2.17. The lowest BCUT2D eigenvalue weighted by atomic mass is 10.1. The second kappa shape index (κ2) is 6.73. The molecule has 4 heteroatoms. The summed E-state index contributed by atoms with van der Waals surface area (Å²) in [6.07, 6.45) is 0.135. The molecule has 0 aliphatic heterocycles. The Hall–Kier alpha value is -2.33. The number of rotatable bonds is 5. The number of phenolic OH excluding ortho intramolecular Hbond substituents is 1. The van der Waals surface area contributed by atoms with Crippen LogP contribution in [0.3, 0.4) is 0 Å². The monoisotopic (exact) mass is 270 g/mol. The first-order chi connectivity index (χ1) is 9.70. The van der Waals surface area contributed by atoms with Gasteiger partial charge in [-0.3, -0.25) is 4.79 Å². The first-order valence-electron chi connectivity index (χ1n) is 6.52. The number of para-hydroxylation sites is 1. The SMILES string of the molecule is NCC(NC(=O)Cc1ccccc1O)c1ccccc1. The van der Waals surface area contributed by atoms with Crippen LogP contribution < -0.4 is 11.1 Å². The molecule has 0 fully saturated rings. The number of benzene rings is 2. The van der Waals surface area contributed by atoms with Gasteiger partial charge >= 0.3 is 0 Å². The van der Waals surface area contributed by atoms with E-state index in [4.69, 9.17) is 5.73 Å². The zero-order valence-corrected chi connectivity index (χ0v) is 11.1. The van der Waals surface area contributed by atoms with E-state index in [1.807, 2.05) is 30.3 Å². The molecule has 0 heterocycles. The third-order valence-electron chi connectivity index (χ3n) is 3.12. The van der Waals surface area contributed by atoms with Crippen molar-refractivity contribution in [2.75, 3.05) is 6.54 Å². The molecule has 2 aromatic carbocycles. The van der Waals surface area contributed by atoms with Crippen molar-refractivity contribution in [2.45, 2.75) is 12.5 Å². The van der Waals surface area contributed by atoms with Crippen LogP contribution in [0.5, 0.6) is 5.75 Å². The van der Waals surface area contributed by atoms with Crippen LogP contribution in [0.2, 0.25) is 0 Å². The summed E-state index contributed by atoms with van der Waals surface area (Å²) in [5.74, 6) is -0.0301. The molecular weight excluding hydrogens is 252 g/mol. The molecule has 0 spiro atoms. The molecule has 0 aliphatic carbocycles. The van der Waals surface area contributed by atoms with Gasteiger partial charge in [0, 0.05) is 12.1 Å². The lowest BCUT2D eigenvalue weighted by Crippen LogP contribution is -2.34. The molecule has 104 valence electrons. The molecule has 1 unspecified atom stereocenters. The fourth-order valence-electron chi connectivity index (χ4n) is 2.04. The van der Waals surface area contributed by atoms with E-state index in [0.29, 0.717) is 12.1 Å². The van der Waals surface area contributed by atoms with Gasteiger partial charge in [0.15, 0.2) is 0 Å². The van der Waals surface area contributed by atoms with Gasteiger partial charge in [0.1, 0.15) is 5.75 Å². The first-order valence-corrected chi connectivity index (χ1v) is 6.52. The van der Waals surface area contributed by atoms with Gasteiger partial charge in [-0.05, 0) is 11.6 Å². The zero-order valence-electron chi connectivity index (χ0n) is 11.1. The average molecular weight is 270 g/mol. The molecular formula is C16H18N2O2. The summed E-state index contributed by atoms with van der Waals surface area (Å²) in [6, 6.07) is 16.2. The second-order valence-corrected chi connectivity index (χ2v) is 4.57. The number of carbonyl (C=O) groups excluding carboxylic acids is 1. The van der Waals surface area contributed by atoms with Gasteiger partial charge in [-0.25, -0.2) is 0 Å². The molecule has 20 heavy (non-hydrogen) atoms. The van der Waals surface area contributed by atoms with E-state index in [1.54, 1.807) is 24.3 Å². The summed E-state index contributed by atoms with van der Waals surface area (Å²) < 4.78 is 0. The van der Waals surface area contributed by atoms with E-state index >= 15 is 0 Å². The smallest absolute Gasteiger partial charge is 0.225 e. The van der Waals surface area contributed by atoms with Gasteiger partial charge in [-0.1, -0.05) is 48.5 Å². The van der Waals surface area contributed by atoms with E-state index in [9.17, 15) is 9.90 Å². The summed E-state index contributed by atoms with van der Waals surface area (Å²) >= 11 is 0. The Kier molecular flexibility index (Phi) is 4.74. The van der Waals surface area contributed by atoms with E-state index in [-0.39, 0.29) is 24.1 Å². The molecule has 4 nitrogen and oxygen atoms in total. The summed E-state index contributed by atoms with van der Waals surface area (Å²) in [7, 11) is 0. The normalized spacial score (nSPS) is 11.8. The van der Waals surface area contributed by atoms with Crippen LogP contribution in [0, 0.1) is 0 Å². The van der Waals surface area contributed by atoms with Crippen LogP contribution in [-0.4, -0.2) is 17.6 Å². The van der Waals surface area contributed by atoms with E-state index in [2.05, 4.69) is 5.32 Å². The standard InChI is InChI=1S/C16H18N2O2/c17-11-14(12-6-2-1-3-7-12)18-16(20)10-13-8-4-5-9-15(13)19/h1-9,14,19H,10-11,17H2,(H,18,20). The quantitative estimate of drug-likeness (QED) is 0.774. The molecule has 1 amide bonds. The second-order valence-electron chi connectivity index (χ2n) is 4.57. The van der Waals surface area contributed by atoms with Crippen molar-refractivity contribution in [2.24, 2.45) is 5.73 Å². The van der Waals surface area contributed by atoms with Crippen LogP contribution in [0.1, 0.15) is 17.2 Å². The Morgan fingerprint density at radius 3 is 2.40 bits per heavy atom. The van der Waals surface area contributed by atoms with Crippen molar-refractivity contribution in [3.05, 3.63) is 65.7 Å². The number of carbonyl (C=O) groups is 1. The van der Waals surface area contributed by atoms with Gasteiger partial charge in [-0.15, -0.1) is 0 Å². The van der Waals surface area contributed by atoms with Crippen LogP contribution >= 0.6 is 0 Å². The maximum Gasteiger partial charge on any atom is 0.225 e. The number of nitrogens with two attached hydrogens (primary N) is 1. The van der Waals surface area contributed by atoms with Gasteiger partial charge in [0.2, 0.25) is 5.91 Å². The highest BCUT2D eigenvalue weighted by atomic mass is 16.3. The Balaban J connectivity index is 2.02. The van der Waals surface area contributed by atoms with Crippen molar-refractivity contribution in [3.63, 3.8) is 0 Å². The third-order valence-corrected chi connectivity index (χ3v) is 3.12. The minimum atomic E-state index is -0.213. The number of hydrogen-bond acceptors (Lipinski definition) is 3. The summed E-state index contributed by atoms with van der Waals surface area (Å²) in [4.78, 5) is 12.0. The van der Waals surface area contributed by atoms with Crippen molar-refractivity contribution in [1.82, 2.24) is 5.32 Å². The van der Waals surface area contributed by atoms with E-state index in [0.717, 1.165) is 5.56 Å². The minimum Gasteiger partial charge on any atom is -0.508 e. The molecule has 0 aromatic heterocycles. The Labute approximate surface area is 118 Å². The molecule has 2 rings (SSSR count). The zero-order chi connectivity index (χ0) is 14.4. The topological polar surface area (TPSA) is 75.3 Å². The van der Waals surface area contributed by atoms with Gasteiger partial charge < -0.3 is 16.2 Å². The Morgan fingerprint density at radius 1 is 1.10 bits per heavy atom. The van der Waals surface area contributed by atoms with Crippen molar-refractivity contribution < 1.29 is 9.90 Å². The Bertz CT molecular complexity index is 570. The van der Waals surface area contributed by atoms with Gasteiger partial charge in [0.25, 0.3) is 0 Å². The Morgan fingerprint density at radius 2 is 1.75 bits per heavy atom. The predicted molar refractivity (Wildman–Crippen MR) is 78.2 cm³/mol. The van der Waals surface area contributed by atoms with Crippen LogP contribution in [-0.2, 0) is 11.2 Å². The van der Waals surface area contributed by atoms with Crippen LogP contribution in [0.15, 0.2) is 54.6 Å². The largest absolute Gasteiger partial charge is 0.508 e. The molecule has 0 bridgehead atoms. The van der Waals surface area contributed by atoms with Crippen LogP contribution in [0.25, 0.3) is 0 Å². The molecule has 2 aromatic rings. The fourth-order valence-corrected chi connectivity index (χ4v) is 2.04. The molecule has 1 atom stereocenters. The lowest BCUT2D eigenvalue weighted by molar-refractivity contribution is -0.121. The predicted octanol–water partition coefficient (Wildman–Crippen LogP) is 1.75. The fraction of sp³-hybridized carbons (Fsp3) is 0.188. The maximum absolute atomic E-state index is 12.0. The van der Waals surface area contributed by atoms with E-state index in [1.165, 1.54) is 0 Å². The number of aromatic hydroxyl groups is 1. The maximum atomic E-state index is 12.0. The average Bonchev–Trinajstić information content (AvgIpc) is 2.48. The number of phenols is 1. The summed E-state index contributed by atoms with van der Waals surface area (Å²) in [6.45, 7) is 0.330. The molecule has 0 radical (unpaired) electrons. The molecule has 0 saturated carbocycles. The molecule has 4 N–H and O–H groups in total. The highest BCUT2D eigenvalue weighted by molar-refractivity contribution is 5.79. The van der Waals surface area contributed by atoms with Gasteiger partial charge in [0.05, 0.1) is 12.5 Å². The number of nitrogens with one attached hydrogen (secondary N) is 1. The first kappa shape index (κ1) is 14.1. The summed E-state index contributed by atoms with van der Waals surface area (Å²) in [5.41, 5.74) is 7.29. The highest BCUT2D eigenvalue weighted by Gasteiger charge is 2.14. The van der Waals surface area contributed by atoms with Crippen LogP contribution in [0.4, 0.5) is 0 Å². The number of amides is 1. The van der Waals surface area contributed by atoms with Crippen molar-refractivity contribution in [1.29, 1.82) is 0 Å². The molecule has 0 saturated heterocycles. The third kappa shape index (κ3) is 3.59. The van der Waals surface area contributed by atoms with E-state index < -0.39 is 0 Å². The van der Waals surface area contributed by atoms with Crippen molar-refractivity contribution >= 4 is 5.91 Å². The van der Waals surface area contributed by atoms with Gasteiger partial charge in [-0.2, -0.15) is 0 Å². The van der Waals surface area contributed by atoms with Crippen molar-refractivity contribution in [3.8, 4) is 5.75 Å². The summed E-state index contributed by atoms with van der Waals surface area (Å²) in [5, 5.41) is 12.5. The highest BCUT2D eigenvalue weighted by Crippen LogP contribution is 2.17. The molecule has 0 aliphatic rings. The minimum absolute atomic E-state index is 0.131.